The molecule has 0 unspecified atom stereocenters. The molecule has 2 N–H and O–H groups in total. The lowest BCUT2D eigenvalue weighted by Gasteiger charge is -2.34. The minimum absolute atomic E-state index is 0.118. The molecule has 0 aromatic rings. The van der Waals surface area contributed by atoms with Crippen molar-refractivity contribution in [1.82, 2.24) is 10.2 Å². The van der Waals surface area contributed by atoms with E-state index in [1.807, 2.05) is 0 Å². The Kier molecular flexibility index (Phi) is 5.30. The molecular weight excluding hydrogens is 232 g/mol. The van der Waals surface area contributed by atoms with Crippen molar-refractivity contribution in [2.45, 2.75) is 26.3 Å². The first-order valence-electron chi connectivity index (χ1n) is 4.75. The van der Waals surface area contributed by atoms with E-state index in [9.17, 15) is 9.59 Å². The van der Waals surface area contributed by atoms with Crippen molar-refractivity contribution >= 4 is 23.6 Å². The molecule has 16 heavy (non-hydrogen) atoms. The fourth-order valence-electron chi connectivity index (χ4n) is 1.02. The van der Waals surface area contributed by atoms with Crippen LogP contribution in [0.15, 0.2) is 11.6 Å². The van der Waals surface area contributed by atoms with Crippen LogP contribution in [0, 0.1) is 0 Å². The molecule has 0 rings (SSSR count). The van der Waals surface area contributed by atoms with Crippen LogP contribution >= 0.6 is 11.6 Å². The van der Waals surface area contributed by atoms with Gasteiger partial charge >= 0.3 is 12.0 Å². The van der Waals surface area contributed by atoms with Gasteiger partial charge in [-0.3, -0.25) is 4.79 Å². The summed E-state index contributed by atoms with van der Waals surface area (Å²) in [5.41, 5.74) is -0.573. The van der Waals surface area contributed by atoms with Crippen LogP contribution in [-0.2, 0) is 4.79 Å². The minimum atomic E-state index is -1.06. The molecule has 2 amide bonds. The summed E-state index contributed by atoms with van der Waals surface area (Å²) in [6, 6.07) is -0.475. The molecule has 0 aliphatic heterocycles. The standard InChI is InChI=1S/C10H17ClN2O3/c1-7(11)5-12-9(16)13(6-8(14)15)10(2,3)4/h1,5-6H2,2-4H3,(H,12,16)(H,14,15). The third kappa shape index (κ3) is 5.60. The highest BCUT2D eigenvalue weighted by Gasteiger charge is 2.28. The maximum Gasteiger partial charge on any atom is 0.323 e. The molecule has 0 aromatic heterocycles. The molecule has 5 nitrogen and oxygen atoms in total. The van der Waals surface area contributed by atoms with Gasteiger partial charge in [-0.25, -0.2) is 4.79 Å². The number of nitrogens with zero attached hydrogens (tertiary/aromatic N) is 1. The van der Waals surface area contributed by atoms with Gasteiger partial charge in [-0.05, 0) is 20.8 Å². The summed E-state index contributed by atoms with van der Waals surface area (Å²) in [5, 5.41) is 11.5. The first-order chi connectivity index (χ1) is 7.14. The van der Waals surface area contributed by atoms with Gasteiger partial charge in [0.25, 0.3) is 0 Å². The second kappa shape index (κ2) is 5.75. The SMILES string of the molecule is C=C(Cl)CNC(=O)N(CC(=O)O)C(C)(C)C. The van der Waals surface area contributed by atoms with Gasteiger partial charge in [-0.2, -0.15) is 0 Å². The van der Waals surface area contributed by atoms with Gasteiger partial charge in [0, 0.05) is 10.6 Å². The molecule has 0 saturated carbocycles. The lowest BCUT2D eigenvalue weighted by atomic mass is 10.1. The van der Waals surface area contributed by atoms with Crippen LogP contribution in [0.2, 0.25) is 0 Å². The molecule has 0 spiro atoms. The van der Waals surface area contributed by atoms with Crippen molar-refractivity contribution in [3.63, 3.8) is 0 Å². The van der Waals surface area contributed by atoms with E-state index in [0.717, 1.165) is 0 Å². The highest BCUT2D eigenvalue weighted by atomic mass is 35.5. The quantitative estimate of drug-likeness (QED) is 0.795. The van der Waals surface area contributed by atoms with Crippen LogP contribution < -0.4 is 5.32 Å². The van der Waals surface area contributed by atoms with Gasteiger partial charge in [-0.1, -0.05) is 18.2 Å². The van der Waals surface area contributed by atoms with Gasteiger partial charge in [0.1, 0.15) is 6.54 Å². The summed E-state index contributed by atoms with van der Waals surface area (Å²) in [6.45, 7) is 8.45. The molecule has 6 heteroatoms. The van der Waals surface area contributed by atoms with E-state index in [2.05, 4.69) is 11.9 Å². The number of amides is 2. The molecule has 0 saturated heterocycles. The van der Waals surface area contributed by atoms with Crippen molar-refractivity contribution < 1.29 is 14.7 Å². The Labute approximate surface area is 100 Å². The van der Waals surface area contributed by atoms with E-state index in [1.54, 1.807) is 20.8 Å². The lowest BCUT2D eigenvalue weighted by molar-refractivity contribution is -0.138. The number of halogens is 1. The van der Waals surface area contributed by atoms with Gasteiger partial charge in [0.05, 0.1) is 6.54 Å². The Morgan fingerprint density at radius 3 is 2.25 bits per heavy atom. The van der Waals surface area contributed by atoms with Crippen LogP contribution in [-0.4, -0.2) is 40.6 Å². The Morgan fingerprint density at radius 2 is 1.94 bits per heavy atom. The largest absolute Gasteiger partial charge is 0.480 e. The highest BCUT2D eigenvalue weighted by Crippen LogP contribution is 2.13. The second-order valence-corrected chi connectivity index (χ2v) is 4.86. The average molecular weight is 249 g/mol. The predicted octanol–water partition coefficient (Wildman–Crippen LogP) is 1.63. The van der Waals surface area contributed by atoms with Crippen molar-refractivity contribution in [3.8, 4) is 0 Å². The first kappa shape index (κ1) is 14.8. The number of nitrogens with one attached hydrogen (secondary N) is 1. The number of aliphatic carboxylic acids is 1. The van der Waals surface area contributed by atoms with Crippen LogP contribution in [0.5, 0.6) is 0 Å². The summed E-state index contributed by atoms with van der Waals surface area (Å²) < 4.78 is 0. The maximum absolute atomic E-state index is 11.7. The summed E-state index contributed by atoms with van der Waals surface area (Å²) in [4.78, 5) is 23.5. The highest BCUT2D eigenvalue weighted by molar-refractivity contribution is 6.29. The fraction of sp³-hybridized carbons (Fsp3) is 0.600. The zero-order valence-corrected chi connectivity index (χ0v) is 10.5. The minimum Gasteiger partial charge on any atom is -0.480 e. The summed E-state index contributed by atoms with van der Waals surface area (Å²) in [6.07, 6.45) is 0. The normalized spacial score (nSPS) is 10.8. The van der Waals surface area contributed by atoms with Crippen LogP contribution in [0.4, 0.5) is 4.79 Å². The summed E-state index contributed by atoms with van der Waals surface area (Å²) in [5.74, 6) is -1.06. The third-order valence-electron chi connectivity index (χ3n) is 1.78. The molecule has 0 heterocycles. The van der Waals surface area contributed by atoms with E-state index >= 15 is 0 Å². The Balaban J connectivity index is 4.57. The van der Waals surface area contributed by atoms with Crippen molar-refractivity contribution in [1.29, 1.82) is 0 Å². The first-order valence-corrected chi connectivity index (χ1v) is 5.13. The summed E-state index contributed by atoms with van der Waals surface area (Å²) >= 11 is 5.50. The summed E-state index contributed by atoms with van der Waals surface area (Å²) in [7, 11) is 0. The number of carboxylic acids is 1. The molecular formula is C10H17ClN2O3. The number of urea groups is 1. The molecule has 0 bridgehead atoms. The van der Waals surface area contributed by atoms with Crippen LogP contribution in [0.3, 0.4) is 0 Å². The zero-order valence-electron chi connectivity index (χ0n) is 9.71. The number of carbonyl (C=O) groups excluding carboxylic acids is 1. The van der Waals surface area contributed by atoms with Gasteiger partial charge in [0.2, 0.25) is 0 Å². The Morgan fingerprint density at radius 1 is 1.44 bits per heavy atom. The average Bonchev–Trinajstić information content (AvgIpc) is 2.08. The molecule has 92 valence electrons. The molecule has 0 aliphatic carbocycles. The van der Waals surface area contributed by atoms with E-state index in [4.69, 9.17) is 16.7 Å². The monoisotopic (exact) mass is 248 g/mol. The number of rotatable bonds is 4. The van der Waals surface area contributed by atoms with E-state index < -0.39 is 17.5 Å². The topological polar surface area (TPSA) is 69.6 Å². The second-order valence-electron chi connectivity index (χ2n) is 4.33. The Hall–Kier alpha value is -1.23. The molecule has 0 radical (unpaired) electrons. The van der Waals surface area contributed by atoms with Crippen LogP contribution in [0.25, 0.3) is 0 Å². The van der Waals surface area contributed by atoms with E-state index in [0.29, 0.717) is 0 Å². The number of hydrogen-bond donors (Lipinski definition) is 2. The molecule has 0 aliphatic rings. The molecule has 0 atom stereocenters. The van der Waals surface area contributed by atoms with Gasteiger partial charge in [0.15, 0.2) is 0 Å². The van der Waals surface area contributed by atoms with E-state index in [-0.39, 0.29) is 18.1 Å². The van der Waals surface area contributed by atoms with Gasteiger partial charge < -0.3 is 15.3 Å². The van der Waals surface area contributed by atoms with Gasteiger partial charge in [-0.15, -0.1) is 0 Å². The van der Waals surface area contributed by atoms with Crippen molar-refractivity contribution in [3.05, 3.63) is 11.6 Å². The predicted molar refractivity (Wildman–Crippen MR) is 62.5 cm³/mol. The maximum atomic E-state index is 11.7. The van der Waals surface area contributed by atoms with Crippen molar-refractivity contribution in [2.24, 2.45) is 0 Å². The smallest absolute Gasteiger partial charge is 0.323 e. The molecule has 0 fully saturated rings. The fourth-order valence-corrected chi connectivity index (χ4v) is 1.08. The Bertz CT molecular complexity index is 297. The third-order valence-corrected chi connectivity index (χ3v) is 1.91. The number of carboxylic acid groups (broad SMARTS) is 1. The number of carbonyl (C=O) groups is 2. The molecule has 0 aromatic carbocycles. The van der Waals surface area contributed by atoms with Crippen molar-refractivity contribution in [2.75, 3.05) is 13.1 Å². The lowest BCUT2D eigenvalue weighted by Crippen LogP contribution is -2.52. The van der Waals surface area contributed by atoms with E-state index in [1.165, 1.54) is 4.90 Å². The zero-order chi connectivity index (χ0) is 12.9. The number of hydrogen-bond acceptors (Lipinski definition) is 2. The van der Waals surface area contributed by atoms with Crippen LogP contribution in [0.1, 0.15) is 20.8 Å².